The molecule has 1 radical (unpaired) electrons. The van der Waals surface area contributed by atoms with Crippen molar-refractivity contribution >= 4 is 5.70 Å². The molecule has 24 heavy (non-hydrogen) atoms. The van der Waals surface area contributed by atoms with Gasteiger partial charge in [0.25, 0.3) is 0 Å². The second kappa shape index (κ2) is 5.25. The first-order chi connectivity index (χ1) is 11.2. The molecule has 1 aromatic rings. The third-order valence-corrected chi connectivity index (χ3v) is 5.00. The normalized spacial score (nSPS) is 25.2. The van der Waals surface area contributed by atoms with Crippen molar-refractivity contribution in [2.75, 3.05) is 0 Å². The Morgan fingerprint density at radius 1 is 1.21 bits per heavy atom. The molecule has 1 saturated heterocycles. The van der Waals surface area contributed by atoms with E-state index < -0.39 is 11.1 Å². The maximum atomic E-state index is 12.8. The minimum atomic E-state index is -0.974. The zero-order valence-electron chi connectivity index (χ0n) is 14.1. The van der Waals surface area contributed by atoms with Gasteiger partial charge in [-0.2, -0.15) is 0 Å². The molecule has 125 valence electrons. The Balaban J connectivity index is 2.11. The van der Waals surface area contributed by atoms with E-state index in [-0.39, 0.29) is 17.2 Å². The van der Waals surface area contributed by atoms with E-state index >= 15 is 0 Å². The second-order valence-corrected chi connectivity index (χ2v) is 6.84. The highest BCUT2D eigenvalue weighted by atomic mass is 16.5. The number of nitrogens with zero attached hydrogens (tertiary/aromatic N) is 4. The van der Waals surface area contributed by atoms with Crippen molar-refractivity contribution < 1.29 is 9.97 Å². The lowest BCUT2D eigenvalue weighted by molar-refractivity contribution is -0.569. The number of hydroxylamine groups is 4. The summed E-state index contributed by atoms with van der Waals surface area (Å²) in [6, 6.07) is 5.21. The van der Waals surface area contributed by atoms with E-state index in [2.05, 4.69) is 4.98 Å². The molecular weight excluding hydrogens is 308 g/mol. The molecule has 0 aromatic carbocycles. The van der Waals surface area contributed by atoms with Gasteiger partial charge in [0.15, 0.2) is 11.1 Å². The Bertz CT molecular complexity index is 778. The van der Waals surface area contributed by atoms with E-state index in [1.165, 1.54) is 6.08 Å². The van der Waals surface area contributed by atoms with E-state index in [9.17, 15) is 15.3 Å². The molecular formula is C17H19N4O3. The first-order valence-corrected chi connectivity index (χ1v) is 7.65. The number of rotatable bonds is 1. The van der Waals surface area contributed by atoms with E-state index in [4.69, 9.17) is 0 Å². The van der Waals surface area contributed by atoms with Crippen LogP contribution in [0.3, 0.4) is 0 Å². The predicted molar refractivity (Wildman–Crippen MR) is 87.9 cm³/mol. The lowest BCUT2D eigenvalue weighted by Gasteiger charge is -2.34. The summed E-state index contributed by atoms with van der Waals surface area (Å²) in [5.74, 6) is -0.183. The van der Waals surface area contributed by atoms with Gasteiger partial charge in [-0.3, -0.25) is 4.98 Å². The zero-order chi connectivity index (χ0) is 17.7. The van der Waals surface area contributed by atoms with Crippen molar-refractivity contribution in [3.8, 4) is 0 Å². The van der Waals surface area contributed by atoms with Crippen LogP contribution in [0.2, 0.25) is 0 Å². The fourth-order valence-electron chi connectivity index (χ4n) is 2.68. The van der Waals surface area contributed by atoms with Crippen molar-refractivity contribution in [1.82, 2.24) is 15.1 Å². The number of nitroso groups, excluding NO2 is 1. The predicted octanol–water partition coefficient (Wildman–Crippen LogP) is 2.96. The molecule has 0 saturated carbocycles. The van der Waals surface area contributed by atoms with Gasteiger partial charge in [-0.15, -0.1) is 0 Å². The van der Waals surface area contributed by atoms with Gasteiger partial charge in [0.05, 0.1) is 11.4 Å². The average molecular weight is 327 g/mol. The fraction of sp³-hybridized carbons (Fsp3) is 0.353. The number of hydrogen-bond donors (Lipinski definition) is 0. The Hall–Kier alpha value is -2.51. The maximum Gasteiger partial charge on any atom is 0.372 e. The van der Waals surface area contributed by atoms with Crippen molar-refractivity contribution in [2.24, 2.45) is 0 Å². The topological polar surface area (TPSA) is 82.4 Å². The van der Waals surface area contributed by atoms with Crippen molar-refractivity contribution in [3.63, 3.8) is 0 Å². The minimum Gasteiger partial charge on any atom is -0.754 e. The molecule has 3 heterocycles. The number of allylic oxidation sites excluding steroid dienone is 3. The molecule has 0 spiro atoms. The Morgan fingerprint density at radius 3 is 2.46 bits per heavy atom. The molecule has 1 aromatic heterocycles. The fourth-order valence-corrected chi connectivity index (χ4v) is 2.68. The standard InChI is InChI=1S/C17H19N4O3/c1-16(2)17(3,4)21(24)15(20(16)23)14-10-7-9-13(19(14)22)12-8-5-6-11-18-12/h5-11H,1-4H3. The van der Waals surface area contributed by atoms with Crippen molar-refractivity contribution in [2.45, 2.75) is 38.8 Å². The largest absolute Gasteiger partial charge is 0.754 e. The number of pyridine rings is 1. The van der Waals surface area contributed by atoms with Crippen LogP contribution in [0.15, 0.2) is 54.1 Å². The molecule has 2 aliphatic rings. The lowest BCUT2D eigenvalue weighted by atomic mass is 9.84. The van der Waals surface area contributed by atoms with E-state index in [0.29, 0.717) is 20.6 Å². The van der Waals surface area contributed by atoms with Gasteiger partial charge in [0.1, 0.15) is 5.70 Å². The molecule has 3 rings (SSSR count). The minimum absolute atomic E-state index is 0.0156. The smallest absolute Gasteiger partial charge is 0.372 e. The molecule has 0 N–H and O–H groups in total. The summed E-state index contributed by atoms with van der Waals surface area (Å²) in [5.41, 5.74) is -1.18. The van der Waals surface area contributed by atoms with Crippen LogP contribution in [0, 0.1) is 10.1 Å². The highest BCUT2D eigenvalue weighted by Crippen LogP contribution is 2.44. The molecule has 0 aliphatic carbocycles. The Kier molecular flexibility index (Phi) is 3.58. The van der Waals surface area contributed by atoms with Gasteiger partial charge in [-0.1, -0.05) is 22.1 Å². The Labute approximate surface area is 140 Å². The monoisotopic (exact) mass is 327 g/mol. The van der Waals surface area contributed by atoms with Gasteiger partial charge < -0.3 is 10.3 Å². The number of aromatic nitrogens is 1. The molecule has 0 bridgehead atoms. The van der Waals surface area contributed by atoms with Crippen LogP contribution >= 0.6 is 0 Å². The lowest BCUT2D eigenvalue weighted by Crippen LogP contribution is -2.50. The molecule has 0 unspecified atom stereocenters. The summed E-state index contributed by atoms with van der Waals surface area (Å²) in [5, 5.41) is 26.7. The number of hydrogen-bond acceptors (Lipinski definition) is 5. The summed E-state index contributed by atoms with van der Waals surface area (Å²) in [6.07, 6.45) is 6.30. The van der Waals surface area contributed by atoms with Crippen molar-refractivity contribution in [3.05, 3.63) is 70.0 Å². The van der Waals surface area contributed by atoms with Gasteiger partial charge >= 0.3 is 5.82 Å². The summed E-state index contributed by atoms with van der Waals surface area (Å²) >= 11 is 0. The third kappa shape index (κ3) is 2.09. The van der Waals surface area contributed by atoms with Crippen LogP contribution in [0.25, 0.3) is 5.70 Å². The Morgan fingerprint density at radius 2 is 1.92 bits per heavy atom. The van der Waals surface area contributed by atoms with E-state index in [0.717, 1.165) is 0 Å². The molecule has 2 aliphatic heterocycles. The summed E-state index contributed by atoms with van der Waals surface area (Å²) in [4.78, 5) is 16.9. The molecule has 0 atom stereocenters. The molecule has 7 nitrogen and oxygen atoms in total. The van der Waals surface area contributed by atoms with Crippen LogP contribution in [0.1, 0.15) is 33.4 Å². The van der Waals surface area contributed by atoms with Crippen LogP contribution in [0.5, 0.6) is 0 Å². The molecule has 1 fully saturated rings. The maximum absolute atomic E-state index is 12.8. The third-order valence-electron chi connectivity index (χ3n) is 5.00. The molecule has 0 amide bonds. The molecule has 7 heteroatoms. The van der Waals surface area contributed by atoms with Crippen LogP contribution in [-0.2, 0) is 5.21 Å². The van der Waals surface area contributed by atoms with Gasteiger partial charge in [-0.05, 0) is 56.7 Å². The quantitative estimate of drug-likeness (QED) is 0.741. The van der Waals surface area contributed by atoms with Gasteiger partial charge in [-0.25, -0.2) is 0 Å². The first kappa shape index (κ1) is 16.4. The van der Waals surface area contributed by atoms with E-state index in [1.54, 1.807) is 64.2 Å². The second-order valence-electron chi connectivity index (χ2n) is 6.84. The summed E-state index contributed by atoms with van der Waals surface area (Å²) in [6.45, 7) is 6.76. The SMILES string of the molecule is CC1(C)N([O])/C(=C2\C=CC=C(c3ccccn3)N2[O-])[N+](=O)C1(C)C. The van der Waals surface area contributed by atoms with Crippen LogP contribution in [0.4, 0.5) is 0 Å². The highest BCUT2D eigenvalue weighted by molar-refractivity contribution is 5.67. The van der Waals surface area contributed by atoms with Crippen LogP contribution < -0.4 is 0 Å². The van der Waals surface area contributed by atoms with Gasteiger partial charge in [0, 0.05) is 11.4 Å². The van der Waals surface area contributed by atoms with Gasteiger partial charge in [0.2, 0.25) is 0 Å². The first-order valence-electron chi connectivity index (χ1n) is 7.65. The average Bonchev–Trinajstić information content (AvgIpc) is 2.67. The summed E-state index contributed by atoms with van der Waals surface area (Å²) in [7, 11) is 0. The van der Waals surface area contributed by atoms with Crippen molar-refractivity contribution in [1.29, 1.82) is 0 Å². The zero-order valence-corrected chi connectivity index (χ0v) is 14.1. The summed E-state index contributed by atoms with van der Waals surface area (Å²) < 4.78 is 0.631. The van der Waals surface area contributed by atoms with Crippen LogP contribution in [-0.4, -0.2) is 30.9 Å². The van der Waals surface area contributed by atoms with E-state index in [1.807, 2.05) is 0 Å². The highest BCUT2D eigenvalue weighted by Gasteiger charge is 2.66.